The molecule has 1 aromatic heterocycles. The lowest BCUT2D eigenvalue weighted by Gasteiger charge is -2.05. The molecule has 2 rings (SSSR count). The van der Waals surface area contributed by atoms with Crippen LogP contribution in [0.2, 0.25) is 0 Å². The van der Waals surface area contributed by atoms with Crippen LogP contribution >= 0.6 is 0 Å². The molecule has 0 radical (unpaired) electrons. The van der Waals surface area contributed by atoms with Gasteiger partial charge in [0.05, 0.1) is 0 Å². The fourth-order valence-electron chi connectivity index (χ4n) is 1.60. The number of carbonyl (C=O) groups is 1. The minimum Gasteiger partial charge on any atom is -0.445 e. The molecule has 0 saturated carbocycles. The number of ether oxygens (including phenoxy) is 1. The Morgan fingerprint density at radius 3 is 2.86 bits per heavy atom. The van der Waals surface area contributed by atoms with Crippen molar-refractivity contribution in [2.75, 3.05) is 12.3 Å². The van der Waals surface area contributed by atoms with E-state index in [4.69, 9.17) is 10.5 Å². The lowest BCUT2D eigenvalue weighted by atomic mass is 10.2. The van der Waals surface area contributed by atoms with E-state index in [-0.39, 0.29) is 12.6 Å². The molecular formula is C16H16N4O2. The van der Waals surface area contributed by atoms with Gasteiger partial charge in [0.15, 0.2) is 0 Å². The Morgan fingerprint density at radius 1 is 1.27 bits per heavy atom. The van der Waals surface area contributed by atoms with Gasteiger partial charge in [-0.05, 0) is 17.6 Å². The van der Waals surface area contributed by atoms with Crippen LogP contribution in [-0.4, -0.2) is 22.6 Å². The molecule has 1 aromatic carbocycles. The molecule has 6 nitrogen and oxygen atoms in total. The highest BCUT2D eigenvalue weighted by Gasteiger charge is 2.00. The van der Waals surface area contributed by atoms with Crippen molar-refractivity contribution in [3.8, 4) is 11.8 Å². The van der Waals surface area contributed by atoms with Crippen molar-refractivity contribution in [1.82, 2.24) is 15.3 Å². The molecule has 1 heterocycles. The summed E-state index contributed by atoms with van der Waals surface area (Å²) < 4.78 is 5.07. The molecule has 0 unspecified atom stereocenters. The average molecular weight is 296 g/mol. The Kier molecular flexibility index (Phi) is 5.76. The van der Waals surface area contributed by atoms with Crippen molar-refractivity contribution in [2.24, 2.45) is 0 Å². The minimum absolute atomic E-state index is 0.189. The maximum Gasteiger partial charge on any atom is 0.407 e. The molecule has 0 aliphatic heterocycles. The summed E-state index contributed by atoms with van der Waals surface area (Å²) in [6, 6.07) is 11.2. The number of alkyl carbamates (subject to hydrolysis) is 1. The van der Waals surface area contributed by atoms with E-state index in [0.717, 1.165) is 5.56 Å². The molecule has 2 aromatic rings. The van der Waals surface area contributed by atoms with Gasteiger partial charge in [-0.1, -0.05) is 36.3 Å². The van der Waals surface area contributed by atoms with Crippen molar-refractivity contribution >= 4 is 12.0 Å². The van der Waals surface area contributed by atoms with E-state index >= 15 is 0 Å². The van der Waals surface area contributed by atoms with Crippen LogP contribution in [0.5, 0.6) is 0 Å². The van der Waals surface area contributed by atoms with E-state index in [1.807, 2.05) is 30.3 Å². The number of amides is 1. The summed E-state index contributed by atoms with van der Waals surface area (Å²) in [5.41, 5.74) is 6.94. The van der Waals surface area contributed by atoms with E-state index in [2.05, 4.69) is 27.1 Å². The van der Waals surface area contributed by atoms with Crippen molar-refractivity contribution in [3.63, 3.8) is 0 Å². The predicted molar refractivity (Wildman–Crippen MR) is 82.6 cm³/mol. The fourth-order valence-corrected chi connectivity index (χ4v) is 1.60. The van der Waals surface area contributed by atoms with Gasteiger partial charge in [0.25, 0.3) is 0 Å². The van der Waals surface area contributed by atoms with Crippen LogP contribution in [0.4, 0.5) is 10.7 Å². The molecule has 0 aliphatic carbocycles. The maximum atomic E-state index is 11.5. The summed E-state index contributed by atoms with van der Waals surface area (Å²) in [6.45, 7) is 0.653. The van der Waals surface area contributed by atoms with Crippen molar-refractivity contribution in [3.05, 3.63) is 53.9 Å². The molecule has 3 N–H and O–H groups in total. The number of rotatable bonds is 4. The van der Waals surface area contributed by atoms with Gasteiger partial charge in [0, 0.05) is 19.2 Å². The number of aromatic nitrogens is 2. The minimum atomic E-state index is -0.461. The first-order valence-corrected chi connectivity index (χ1v) is 6.76. The zero-order valence-corrected chi connectivity index (χ0v) is 12.0. The van der Waals surface area contributed by atoms with Crippen LogP contribution in [0.1, 0.15) is 17.7 Å². The summed E-state index contributed by atoms with van der Waals surface area (Å²) in [5, 5.41) is 2.63. The summed E-state index contributed by atoms with van der Waals surface area (Å²) in [6.07, 6.45) is 1.58. The lowest BCUT2D eigenvalue weighted by Crippen LogP contribution is -2.24. The molecule has 0 bridgehead atoms. The molecule has 0 spiro atoms. The molecule has 0 atom stereocenters. The molecule has 1 amide bonds. The zero-order chi connectivity index (χ0) is 15.6. The van der Waals surface area contributed by atoms with Gasteiger partial charge in [-0.15, -0.1) is 0 Å². The highest BCUT2D eigenvalue weighted by molar-refractivity contribution is 5.67. The second-order valence-electron chi connectivity index (χ2n) is 4.34. The average Bonchev–Trinajstić information content (AvgIpc) is 2.54. The Bertz CT molecular complexity index is 677. The zero-order valence-electron chi connectivity index (χ0n) is 12.0. The standard InChI is InChI=1S/C16H16N4O2/c17-15-18-11-9-14(20-15)8-4-5-10-19-16(21)22-12-13-6-2-1-3-7-13/h1-3,6-7,9,11H,5,10,12H2,(H,19,21)(H2,17,18,20). The molecule has 0 saturated heterocycles. The van der Waals surface area contributed by atoms with Crippen molar-refractivity contribution in [2.45, 2.75) is 13.0 Å². The fraction of sp³-hybridized carbons (Fsp3) is 0.188. The summed E-state index contributed by atoms with van der Waals surface area (Å²) in [7, 11) is 0. The number of hydrogen-bond donors (Lipinski definition) is 2. The number of nitrogens with one attached hydrogen (secondary N) is 1. The summed E-state index contributed by atoms with van der Waals surface area (Å²) in [4.78, 5) is 19.2. The Balaban J connectivity index is 1.65. The highest BCUT2D eigenvalue weighted by Crippen LogP contribution is 2.00. The molecule has 22 heavy (non-hydrogen) atoms. The Hall–Kier alpha value is -3.07. The van der Waals surface area contributed by atoms with Gasteiger partial charge >= 0.3 is 6.09 Å². The first-order valence-electron chi connectivity index (χ1n) is 6.76. The maximum absolute atomic E-state index is 11.5. The number of nitrogen functional groups attached to an aromatic ring is 1. The third kappa shape index (κ3) is 5.51. The van der Waals surface area contributed by atoms with Gasteiger partial charge in [0.2, 0.25) is 5.95 Å². The van der Waals surface area contributed by atoms with Gasteiger partial charge in [0.1, 0.15) is 12.3 Å². The van der Waals surface area contributed by atoms with Gasteiger partial charge in [-0.25, -0.2) is 14.8 Å². The summed E-state index contributed by atoms with van der Waals surface area (Å²) in [5.74, 6) is 5.93. The van der Waals surface area contributed by atoms with Crippen LogP contribution in [0.3, 0.4) is 0 Å². The molecular weight excluding hydrogens is 280 g/mol. The topological polar surface area (TPSA) is 90.1 Å². The molecule has 6 heteroatoms. The first-order chi connectivity index (χ1) is 10.7. The second-order valence-corrected chi connectivity index (χ2v) is 4.34. The third-order valence-corrected chi connectivity index (χ3v) is 2.62. The molecule has 112 valence electrons. The SMILES string of the molecule is Nc1nccc(C#CCCNC(=O)OCc2ccccc2)n1. The Labute approximate surface area is 128 Å². The van der Waals surface area contributed by atoms with Gasteiger partial charge < -0.3 is 15.8 Å². The predicted octanol–water partition coefficient (Wildman–Crippen LogP) is 1.73. The van der Waals surface area contributed by atoms with Crippen LogP contribution in [0, 0.1) is 11.8 Å². The highest BCUT2D eigenvalue weighted by atomic mass is 16.5. The van der Waals surface area contributed by atoms with Crippen LogP contribution in [0.25, 0.3) is 0 Å². The van der Waals surface area contributed by atoms with E-state index in [0.29, 0.717) is 18.7 Å². The van der Waals surface area contributed by atoms with Crippen LogP contribution < -0.4 is 11.1 Å². The lowest BCUT2D eigenvalue weighted by molar-refractivity contribution is 0.140. The number of hydrogen-bond acceptors (Lipinski definition) is 5. The monoisotopic (exact) mass is 296 g/mol. The van der Waals surface area contributed by atoms with Crippen LogP contribution in [-0.2, 0) is 11.3 Å². The summed E-state index contributed by atoms with van der Waals surface area (Å²) >= 11 is 0. The van der Waals surface area contributed by atoms with Crippen LogP contribution in [0.15, 0.2) is 42.6 Å². The Morgan fingerprint density at radius 2 is 2.09 bits per heavy atom. The molecule has 0 fully saturated rings. The largest absolute Gasteiger partial charge is 0.445 e. The third-order valence-electron chi connectivity index (χ3n) is 2.62. The first kappa shape index (κ1) is 15.3. The van der Waals surface area contributed by atoms with Crippen molar-refractivity contribution < 1.29 is 9.53 Å². The molecule has 0 aliphatic rings. The van der Waals surface area contributed by atoms with Crippen molar-refractivity contribution in [1.29, 1.82) is 0 Å². The number of anilines is 1. The quantitative estimate of drug-likeness (QED) is 0.662. The smallest absolute Gasteiger partial charge is 0.407 e. The van der Waals surface area contributed by atoms with Gasteiger partial charge in [-0.3, -0.25) is 0 Å². The number of benzene rings is 1. The van der Waals surface area contributed by atoms with E-state index < -0.39 is 6.09 Å². The van der Waals surface area contributed by atoms with E-state index in [9.17, 15) is 4.79 Å². The normalized spacial score (nSPS) is 9.45. The number of nitrogens with zero attached hydrogens (tertiary/aromatic N) is 2. The van der Waals surface area contributed by atoms with E-state index in [1.165, 1.54) is 0 Å². The van der Waals surface area contributed by atoms with E-state index in [1.54, 1.807) is 12.3 Å². The second kappa shape index (κ2) is 8.27. The number of nitrogens with two attached hydrogens (primary N) is 1. The van der Waals surface area contributed by atoms with Gasteiger partial charge in [-0.2, -0.15) is 0 Å². The number of carbonyl (C=O) groups excluding carboxylic acids is 1.